The summed E-state index contributed by atoms with van der Waals surface area (Å²) >= 11 is 0. The third-order valence-electron chi connectivity index (χ3n) is 4.44. The van der Waals surface area contributed by atoms with Gasteiger partial charge in [0.25, 0.3) is 0 Å². The third kappa shape index (κ3) is 1.74. The number of fused-ring (bicyclic) bond motifs is 1. The van der Waals surface area contributed by atoms with Crippen LogP contribution in [0, 0.1) is 11.8 Å². The van der Waals surface area contributed by atoms with Gasteiger partial charge in [-0.25, -0.2) is 0 Å². The van der Waals surface area contributed by atoms with Gasteiger partial charge >= 0.3 is 0 Å². The Hall–Kier alpha value is -0.610. The largest absolute Gasteiger partial charge is 0.392 e. The molecule has 4 nitrogen and oxygen atoms in total. The predicted molar refractivity (Wildman–Crippen MR) is 59.8 cm³/mol. The van der Waals surface area contributed by atoms with Gasteiger partial charge in [0.1, 0.15) is 0 Å². The first kappa shape index (κ1) is 10.5. The van der Waals surface area contributed by atoms with Crippen LogP contribution in [-0.2, 0) is 4.79 Å². The maximum absolute atomic E-state index is 12.2. The van der Waals surface area contributed by atoms with Gasteiger partial charge in [-0.1, -0.05) is 6.42 Å². The van der Waals surface area contributed by atoms with Gasteiger partial charge in [0, 0.05) is 19.6 Å². The van der Waals surface area contributed by atoms with Crippen molar-refractivity contribution in [3.63, 3.8) is 0 Å². The summed E-state index contributed by atoms with van der Waals surface area (Å²) in [5.74, 6) is 1.73. The van der Waals surface area contributed by atoms with Crippen molar-refractivity contribution in [3.8, 4) is 0 Å². The Labute approximate surface area is 96.0 Å². The first-order valence-electron chi connectivity index (χ1n) is 6.44. The normalized spacial score (nSPS) is 42.7. The minimum atomic E-state index is -0.337. The number of nitrogens with one attached hydrogen (secondary N) is 1. The molecule has 0 aromatic heterocycles. The average Bonchev–Trinajstić information content (AvgIpc) is 2.89. The molecule has 2 heterocycles. The molecular formula is C12H20N2O2. The molecule has 90 valence electrons. The molecule has 3 aliphatic rings. The third-order valence-corrected chi connectivity index (χ3v) is 4.44. The van der Waals surface area contributed by atoms with Crippen LogP contribution in [0.4, 0.5) is 0 Å². The van der Waals surface area contributed by atoms with Gasteiger partial charge in [-0.05, 0) is 31.1 Å². The molecular weight excluding hydrogens is 204 g/mol. The van der Waals surface area contributed by atoms with E-state index in [2.05, 4.69) is 5.32 Å². The van der Waals surface area contributed by atoms with Crippen LogP contribution in [0.5, 0.6) is 0 Å². The fourth-order valence-electron chi connectivity index (χ4n) is 3.54. The van der Waals surface area contributed by atoms with Gasteiger partial charge in [-0.2, -0.15) is 0 Å². The van der Waals surface area contributed by atoms with E-state index in [9.17, 15) is 9.90 Å². The monoisotopic (exact) mass is 224 g/mol. The highest BCUT2D eigenvalue weighted by molar-refractivity contribution is 5.82. The molecule has 1 amide bonds. The van der Waals surface area contributed by atoms with Crippen LogP contribution < -0.4 is 5.32 Å². The molecule has 0 aromatic rings. The molecule has 3 fully saturated rings. The number of rotatable bonds is 1. The molecule has 0 aromatic carbocycles. The summed E-state index contributed by atoms with van der Waals surface area (Å²) in [4.78, 5) is 14.2. The quantitative estimate of drug-likeness (QED) is 0.657. The van der Waals surface area contributed by atoms with E-state index in [1.54, 1.807) is 0 Å². The molecule has 2 N–H and O–H groups in total. The van der Waals surface area contributed by atoms with Gasteiger partial charge in [0.2, 0.25) is 5.91 Å². The number of β-amino-alcohol motifs (C(OH)–C–C–N with tert-alkyl or cyclic N) is 1. The zero-order chi connectivity index (χ0) is 11.1. The number of likely N-dealkylation sites (tertiary alicyclic amines) is 1. The number of hydrogen-bond acceptors (Lipinski definition) is 3. The van der Waals surface area contributed by atoms with Crippen LogP contribution in [0.1, 0.15) is 25.7 Å². The minimum Gasteiger partial charge on any atom is -0.392 e. The lowest BCUT2D eigenvalue weighted by atomic mass is 10.0. The molecule has 2 aliphatic heterocycles. The number of carbonyl (C=O) groups is 1. The van der Waals surface area contributed by atoms with Crippen molar-refractivity contribution in [1.29, 1.82) is 0 Å². The average molecular weight is 224 g/mol. The van der Waals surface area contributed by atoms with E-state index in [-0.39, 0.29) is 18.1 Å². The summed E-state index contributed by atoms with van der Waals surface area (Å²) < 4.78 is 0. The Morgan fingerprint density at radius 1 is 1.25 bits per heavy atom. The van der Waals surface area contributed by atoms with Crippen molar-refractivity contribution in [2.24, 2.45) is 11.8 Å². The molecule has 4 atom stereocenters. The zero-order valence-corrected chi connectivity index (χ0v) is 9.56. The zero-order valence-electron chi connectivity index (χ0n) is 9.56. The topological polar surface area (TPSA) is 52.6 Å². The lowest BCUT2D eigenvalue weighted by Crippen LogP contribution is -2.42. The number of hydrogen-bond donors (Lipinski definition) is 2. The molecule has 4 heteroatoms. The van der Waals surface area contributed by atoms with Crippen LogP contribution in [0.2, 0.25) is 0 Å². The smallest absolute Gasteiger partial charge is 0.239 e. The summed E-state index contributed by atoms with van der Waals surface area (Å²) in [7, 11) is 0. The first-order valence-corrected chi connectivity index (χ1v) is 6.44. The van der Waals surface area contributed by atoms with Crippen LogP contribution >= 0.6 is 0 Å². The van der Waals surface area contributed by atoms with Crippen molar-refractivity contribution >= 4 is 5.91 Å². The molecule has 0 bridgehead atoms. The molecule has 1 saturated carbocycles. The number of nitrogens with zero attached hydrogens (tertiary/aromatic N) is 1. The Balaban J connectivity index is 1.60. The Kier molecular flexibility index (Phi) is 2.64. The van der Waals surface area contributed by atoms with Crippen LogP contribution in [-0.4, -0.2) is 47.7 Å². The fourth-order valence-corrected chi connectivity index (χ4v) is 3.54. The summed E-state index contributed by atoms with van der Waals surface area (Å²) in [6.45, 7) is 2.48. The van der Waals surface area contributed by atoms with Crippen molar-refractivity contribution in [2.75, 3.05) is 19.6 Å². The summed E-state index contributed by atoms with van der Waals surface area (Å²) in [5.41, 5.74) is 0. The predicted octanol–water partition coefficient (Wildman–Crippen LogP) is -0.0323. The van der Waals surface area contributed by atoms with E-state index in [1.807, 2.05) is 4.90 Å². The lowest BCUT2D eigenvalue weighted by molar-refractivity contribution is -0.132. The highest BCUT2D eigenvalue weighted by atomic mass is 16.3. The highest BCUT2D eigenvalue weighted by Crippen LogP contribution is 2.38. The standard InChI is InChI=1S/C12H20N2O2/c15-10-4-11(13-5-10)12(16)14-6-8-2-1-3-9(8)7-14/h8-11,13,15H,1-7H2. The molecule has 4 unspecified atom stereocenters. The van der Waals surface area contributed by atoms with Gasteiger partial charge < -0.3 is 15.3 Å². The van der Waals surface area contributed by atoms with Crippen LogP contribution in [0.25, 0.3) is 0 Å². The Bertz CT molecular complexity index is 283. The van der Waals surface area contributed by atoms with Gasteiger partial charge in [-0.3, -0.25) is 4.79 Å². The molecule has 0 spiro atoms. The second kappa shape index (κ2) is 4.00. The van der Waals surface area contributed by atoms with E-state index in [4.69, 9.17) is 0 Å². The van der Waals surface area contributed by atoms with Crippen molar-refractivity contribution in [3.05, 3.63) is 0 Å². The Morgan fingerprint density at radius 2 is 1.94 bits per heavy atom. The maximum Gasteiger partial charge on any atom is 0.239 e. The number of aliphatic hydroxyl groups is 1. The van der Waals surface area contributed by atoms with E-state index >= 15 is 0 Å². The molecule has 3 rings (SSSR count). The van der Waals surface area contributed by atoms with Crippen molar-refractivity contribution in [1.82, 2.24) is 10.2 Å². The highest BCUT2D eigenvalue weighted by Gasteiger charge is 2.40. The Morgan fingerprint density at radius 3 is 2.50 bits per heavy atom. The number of carbonyl (C=O) groups excluding carboxylic acids is 1. The maximum atomic E-state index is 12.2. The molecule has 0 radical (unpaired) electrons. The molecule has 16 heavy (non-hydrogen) atoms. The van der Waals surface area contributed by atoms with Gasteiger partial charge in [0.15, 0.2) is 0 Å². The van der Waals surface area contributed by atoms with E-state index in [0.717, 1.165) is 24.9 Å². The van der Waals surface area contributed by atoms with Crippen molar-refractivity contribution < 1.29 is 9.90 Å². The van der Waals surface area contributed by atoms with E-state index < -0.39 is 0 Å². The SMILES string of the molecule is O=C(C1CC(O)CN1)N1CC2CCCC2C1. The summed E-state index contributed by atoms with van der Waals surface area (Å²) in [5, 5.41) is 12.5. The van der Waals surface area contributed by atoms with E-state index in [0.29, 0.717) is 13.0 Å². The van der Waals surface area contributed by atoms with Gasteiger partial charge in [0.05, 0.1) is 12.1 Å². The van der Waals surface area contributed by atoms with Gasteiger partial charge in [-0.15, -0.1) is 0 Å². The van der Waals surface area contributed by atoms with Crippen LogP contribution in [0.15, 0.2) is 0 Å². The molecule has 2 saturated heterocycles. The van der Waals surface area contributed by atoms with E-state index in [1.165, 1.54) is 19.3 Å². The fraction of sp³-hybridized carbons (Fsp3) is 0.917. The second-order valence-electron chi connectivity index (χ2n) is 5.54. The lowest BCUT2D eigenvalue weighted by Gasteiger charge is -2.21. The number of amides is 1. The summed E-state index contributed by atoms with van der Waals surface area (Å²) in [6.07, 6.45) is 4.20. The minimum absolute atomic E-state index is 0.131. The van der Waals surface area contributed by atoms with Crippen molar-refractivity contribution in [2.45, 2.75) is 37.8 Å². The van der Waals surface area contributed by atoms with Crippen LogP contribution in [0.3, 0.4) is 0 Å². The first-order chi connectivity index (χ1) is 7.74. The second-order valence-corrected chi connectivity index (χ2v) is 5.54. The molecule has 1 aliphatic carbocycles. The summed E-state index contributed by atoms with van der Waals surface area (Å²) in [6, 6.07) is -0.131. The number of aliphatic hydroxyl groups excluding tert-OH is 1.